The second-order valence-corrected chi connectivity index (χ2v) is 11.3. The van der Waals surface area contributed by atoms with Gasteiger partial charge in [0.05, 0.1) is 22.9 Å². The number of amides is 3. The third kappa shape index (κ3) is 4.60. The van der Waals surface area contributed by atoms with Crippen molar-refractivity contribution in [2.45, 2.75) is 56.3 Å². The number of aromatic nitrogens is 3. The summed E-state index contributed by atoms with van der Waals surface area (Å²) in [6, 6.07) is 2.26. The number of hydrogen-bond donors (Lipinski definition) is 2. The number of alkyl carbamates (subject to hydrolysis) is 1. The van der Waals surface area contributed by atoms with E-state index in [-0.39, 0.29) is 23.5 Å². The van der Waals surface area contributed by atoms with Crippen molar-refractivity contribution in [2.75, 3.05) is 10.7 Å². The highest BCUT2D eigenvalue weighted by molar-refractivity contribution is 7.91. The molecule has 12 nitrogen and oxygen atoms in total. The lowest BCUT2D eigenvalue weighted by atomic mass is 10.1. The molecule has 0 unspecified atom stereocenters. The Bertz CT molecular complexity index is 1260. The molecule has 2 aromatic rings. The molecule has 0 radical (unpaired) electrons. The van der Waals surface area contributed by atoms with Gasteiger partial charge < -0.3 is 15.4 Å². The van der Waals surface area contributed by atoms with Gasteiger partial charge in [0.25, 0.3) is 5.91 Å². The van der Waals surface area contributed by atoms with Gasteiger partial charge in [0, 0.05) is 19.7 Å². The van der Waals surface area contributed by atoms with Gasteiger partial charge in [-0.1, -0.05) is 17.3 Å². The zero-order chi connectivity index (χ0) is 24.8. The molecule has 2 atom stereocenters. The first-order chi connectivity index (χ1) is 15.9. The summed E-state index contributed by atoms with van der Waals surface area (Å²) in [7, 11) is -2.26. The summed E-state index contributed by atoms with van der Waals surface area (Å²) in [5.41, 5.74) is 0.428. The number of rotatable bonds is 4. The number of sulfone groups is 1. The van der Waals surface area contributed by atoms with Crippen LogP contribution in [0, 0.1) is 0 Å². The number of hydrogen-bond acceptors (Lipinski definition) is 8. The van der Waals surface area contributed by atoms with Gasteiger partial charge in [-0.2, -0.15) is 0 Å². The molecule has 3 heterocycles. The van der Waals surface area contributed by atoms with E-state index in [4.69, 9.17) is 4.74 Å². The summed E-state index contributed by atoms with van der Waals surface area (Å²) in [6.07, 6.45) is 0.859. The van der Waals surface area contributed by atoms with Crippen LogP contribution in [0.1, 0.15) is 32.0 Å². The Morgan fingerprint density at radius 2 is 2.00 bits per heavy atom. The predicted molar refractivity (Wildman–Crippen MR) is 119 cm³/mol. The molecule has 0 saturated heterocycles. The van der Waals surface area contributed by atoms with Crippen molar-refractivity contribution in [1.29, 1.82) is 0 Å². The van der Waals surface area contributed by atoms with Crippen LogP contribution in [0.4, 0.5) is 10.5 Å². The molecular formula is C21H26N6O6S. The maximum absolute atomic E-state index is 13.5. The molecule has 0 saturated carbocycles. The Morgan fingerprint density at radius 1 is 1.26 bits per heavy atom. The third-order valence-corrected chi connectivity index (χ3v) is 7.16. The molecule has 3 amide bonds. The zero-order valence-corrected chi connectivity index (χ0v) is 20.0. The van der Waals surface area contributed by atoms with Crippen molar-refractivity contribution in [3.63, 3.8) is 0 Å². The summed E-state index contributed by atoms with van der Waals surface area (Å²) in [5, 5.41) is 12.8. The lowest BCUT2D eigenvalue weighted by Gasteiger charge is -2.28. The largest absolute Gasteiger partial charge is 0.444 e. The number of carbonyl (C=O) groups excluding carboxylic acids is 3. The van der Waals surface area contributed by atoms with E-state index in [1.165, 1.54) is 15.6 Å². The summed E-state index contributed by atoms with van der Waals surface area (Å²) < 4.78 is 33.0. The molecule has 1 aromatic heterocycles. The van der Waals surface area contributed by atoms with Gasteiger partial charge >= 0.3 is 6.09 Å². The highest BCUT2D eigenvalue weighted by Crippen LogP contribution is 2.41. The lowest BCUT2D eigenvalue weighted by molar-refractivity contribution is -0.126. The number of ether oxygens (including phenoxy) is 1. The number of benzene rings is 1. The van der Waals surface area contributed by atoms with Crippen LogP contribution in [0.3, 0.4) is 0 Å². The van der Waals surface area contributed by atoms with E-state index >= 15 is 0 Å². The maximum Gasteiger partial charge on any atom is 0.408 e. The molecule has 34 heavy (non-hydrogen) atoms. The normalized spacial score (nSPS) is 20.9. The fraction of sp³-hybridized carbons (Fsp3) is 0.476. The molecule has 4 rings (SSSR count). The Labute approximate surface area is 196 Å². The second-order valence-electron chi connectivity index (χ2n) is 9.27. The quantitative estimate of drug-likeness (QED) is 0.611. The lowest BCUT2D eigenvalue weighted by Crippen LogP contribution is -2.56. The van der Waals surface area contributed by atoms with Crippen LogP contribution in [0.5, 0.6) is 0 Å². The minimum absolute atomic E-state index is 0.0453. The van der Waals surface area contributed by atoms with E-state index in [9.17, 15) is 22.8 Å². The van der Waals surface area contributed by atoms with E-state index in [0.717, 1.165) is 0 Å². The Hall–Kier alpha value is -3.48. The predicted octanol–water partition coefficient (Wildman–Crippen LogP) is 0.0698. The van der Waals surface area contributed by atoms with Crippen molar-refractivity contribution in [3.8, 4) is 0 Å². The average molecular weight is 491 g/mol. The molecule has 0 fully saturated rings. The molecule has 2 aliphatic heterocycles. The molecule has 0 aliphatic carbocycles. The Balaban J connectivity index is 1.65. The van der Waals surface area contributed by atoms with Gasteiger partial charge in [0.2, 0.25) is 5.91 Å². The SMILES string of the molecule is Cn1cc(CNC(=O)[C@H]2Cc3cccc4c3N2C(=O)[C@@H](NC(=O)OC(C)(C)C)CS4(=O)=O)nn1. The number of nitrogens with one attached hydrogen (secondary N) is 2. The smallest absolute Gasteiger partial charge is 0.408 e. The molecule has 0 spiro atoms. The first-order valence-corrected chi connectivity index (χ1v) is 12.3. The van der Waals surface area contributed by atoms with Gasteiger partial charge in [-0.15, -0.1) is 5.10 Å². The van der Waals surface area contributed by atoms with Gasteiger partial charge in [-0.25, -0.2) is 13.2 Å². The van der Waals surface area contributed by atoms with Crippen LogP contribution in [0.2, 0.25) is 0 Å². The van der Waals surface area contributed by atoms with Crippen LogP contribution in [0.15, 0.2) is 29.3 Å². The van der Waals surface area contributed by atoms with Gasteiger partial charge in [-0.3, -0.25) is 19.2 Å². The molecule has 2 aliphatic rings. The number of carbonyl (C=O) groups is 3. The molecular weight excluding hydrogens is 464 g/mol. The molecule has 0 bridgehead atoms. The van der Waals surface area contributed by atoms with Crippen LogP contribution in [0.25, 0.3) is 0 Å². The average Bonchev–Trinajstić information content (AvgIpc) is 3.30. The highest BCUT2D eigenvalue weighted by atomic mass is 32.2. The fourth-order valence-electron chi connectivity index (χ4n) is 4.06. The molecule has 1 aromatic carbocycles. The van der Waals surface area contributed by atoms with E-state index < -0.39 is 51.2 Å². The van der Waals surface area contributed by atoms with Crippen molar-refractivity contribution in [1.82, 2.24) is 25.6 Å². The standard InChI is InChI=1S/C21H26N6O6S/c1-21(2,3)33-20(30)23-14-11-34(31,32)16-7-5-6-12-8-15(27(17(12)16)19(14)29)18(28)22-9-13-10-26(4)25-24-13/h5-7,10,14-15H,8-9,11H2,1-4H3,(H,22,28)(H,23,30)/t14-,15+/m0/s1. The number of aryl methyl sites for hydroxylation is 1. The molecule has 13 heteroatoms. The van der Waals surface area contributed by atoms with Crippen molar-refractivity contribution in [2.24, 2.45) is 7.05 Å². The first-order valence-electron chi connectivity index (χ1n) is 10.7. The van der Waals surface area contributed by atoms with E-state index in [1.54, 1.807) is 46.1 Å². The first kappa shape index (κ1) is 23.7. The zero-order valence-electron chi connectivity index (χ0n) is 19.2. The topological polar surface area (TPSA) is 153 Å². The number of para-hydroxylation sites is 1. The van der Waals surface area contributed by atoms with Crippen LogP contribution in [-0.4, -0.2) is 64.8 Å². The van der Waals surface area contributed by atoms with Gasteiger partial charge in [0.1, 0.15) is 23.4 Å². The molecule has 2 N–H and O–H groups in total. The Morgan fingerprint density at radius 3 is 2.65 bits per heavy atom. The number of nitrogens with zero attached hydrogens (tertiary/aromatic N) is 4. The van der Waals surface area contributed by atoms with Crippen molar-refractivity contribution in [3.05, 3.63) is 35.7 Å². The summed E-state index contributed by atoms with van der Waals surface area (Å²) in [4.78, 5) is 40.2. The summed E-state index contributed by atoms with van der Waals surface area (Å²) in [6.45, 7) is 5.04. The second kappa shape index (κ2) is 8.38. The van der Waals surface area contributed by atoms with Gasteiger partial charge in [-0.05, 0) is 32.4 Å². The third-order valence-electron chi connectivity index (χ3n) is 5.39. The van der Waals surface area contributed by atoms with Crippen LogP contribution >= 0.6 is 0 Å². The maximum atomic E-state index is 13.5. The van der Waals surface area contributed by atoms with Crippen molar-refractivity contribution >= 4 is 33.4 Å². The summed E-state index contributed by atoms with van der Waals surface area (Å²) >= 11 is 0. The Kier molecular flexibility index (Phi) is 5.84. The van der Waals surface area contributed by atoms with E-state index in [1.807, 2.05) is 0 Å². The highest BCUT2D eigenvalue weighted by Gasteiger charge is 2.48. The van der Waals surface area contributed by atoms with E-state index in [0.29, 0.717) is 11.3 Å². The number of anilines is 1. The van der Waals surface area contributed by atoms with Gasteiger partial charge in [0.15, 0.2) is 9.84 Å². The van der Waals surface area contributed by atoms with Crippen molar-refractivity contribution < 1.29 is 27.5 Å². The monoisotopic (exact) mass is 490 g/mol. The minimum Gasteiger partial charge on any atom is -0.444 e. The minimum atomic E-state index is -3.95. The van der Waals surface area contributed by atoms with Crippen LogP contribution in [-0.2, 0) is 44.2 Å². The molecule has 182 valence electrons. The summed E-state index contributed by atoms with van der Waals surface area (Å²) in [5.74, 6) is -1.82. The van der Waals surface area contributed by atoms with E-state index in [2.05, 4.69) is 20.9 Å². The fourth-order valence-corrected chi connectivity index (χ4v) is 5.71. The van der Waals surface area contributed by atoms with Crippen LogP contribution < -0.4 is 15.5 Å².